The molecule has 0 unspecified atom stereocenters. The molecule has 1 saturated heterocycles. The molecule has 144 valence electrons. The van der Waals surface area contributed by atoms with Gasteiger partial charge in [0, 0.05) is 25.2 Å². The van der Waals surface area contributed by atoms with Crippen LogP contribution in [0.25, 0.3) is 11.0 Å². The maximum atomic E-state index is 12.5. The van der Waals surface area contributed by atoms with Gasteiger partial charge in [-0.25, -0.2) is 4.98 Å². The molecule has 28 heavy (non-hydrogen) atoms. The number of fused-ring (bicyclic) bond motifs is 1. The Bertz CT molecular complexity index is 1000. The van der Waals surface area contributed by atoms with E-state index in [1.807, 2.05) is 36.4 Å². The number of nitrogens with zero attached hydrogens (tertiary/aromatic N) is 3. The van der Waals surface area contributed by atoms with Crippen LogP contribution in [0.3, 0.4) is 0 Å². The van der Waals surface area contributed by atoms with Gasteiger partial charge in [-0.05, 0) is 24.3 Å². The summed E-state index contributed by atoms with van der Waals surface area (Å²) in [5.41, 5.74) is 2.47. The minimum atomic E-state index is -0.360. The number of pyridine rings is 1. The van der Waals surface area contributed by atoms with Crippen LogP contribution in [0.5, 0.6) is 5.75 Å². The molecule has 4 rings (SSSR count). The number of ether oxygens (including phenoxy) is 1. The number of methoxy groups -OCH3 is 1. The number of nitrogens with one attached hydrogen (secondary N) is 2. The van der Waals surface area contributed by atoms with Gasteiger partial charge in [0.1, 0.15) is 11.6 Å². The summed E-state index contributed by atoms with van der Waals surface area (Å²) < 4.78 is 5.20. The van der Waals surface area contributed by atoms with E-state index in [0.717, 1.165) is 22.5 Å². The Morgan fingerprint density at radius 3 is 3.04 bits per heavy atom. The summed E-state index contributed by atoms with van der Waals surface area (Å²) in [6.07, 6.45) is 1.92. The van der Waals surface area contributed by atoms with Crippen molar-refractivity contribution in [1.29, 1.82) is 0 Å². The molecule has 0 radical (unpaired) electrons. The van der Waals surface area contributed by atoms with Gasteiger partial charge in [0.15, 0.2) is 0 Å². The van der Waals surface area contributed by atoms with Gasteiger partial charge in [-0.15, -0.1) is 0 Å². The molecular weight excluding hydrogens is 358 g/mol. The smallest absolute Gasteiger partial charge is 0.225 e. The molecule has 2 amide bonds. The average molecular weight is 379 g/mol. The Morgan fingerprint density at radius 2 is 2.25 bits per heavy atom. The van der Waals surface area contributed by atoms with Crippen LogP contribution in [-0.2, 0) is 22.7 Å². The van der Waals surface area contributed by atoms with E-state index in [1.165, 1.54) is 0 Å². The van der Waals surface area contributed by atoms with Gasteiger partial charge in [-0.2, -0.15) is 0 Å². The minimum absolute atomic E-state index is 0.0263. The fourth-order valence-electron chi connectivity index (χ4n) is 3.36. The standard InChI is InChI=1S/C20H21N5O3/c1-28-15-5-6-16-17(9-15)24-18(23-16)10-22-20(27)13-8-19(26)25(11-13)12-14-4-2-3-7-21-14/h2-7,9,13H,8,10-12H2,1H3,(H,22,27)(H,23,24)/t13-/m0/s1. The zero-order valence-corrected chi connectivity index (χ0v) is 15.5. The number of hydrogen-bond acceptors (Lipinski definition) is 5. The second-order valence-electron chi connectivity index (χ2n) is 6.78. The molecule has 8 nitrogen and oxygen atoms in total. The molecule has 1 aromatic carbocycles. The minimum Gasteiger partial charge on any atom is -0.497 e. The van der Waals surface area contributed by atoms with E-state index in [4.69, 9.17) is 4.74 Å². The molecule has 0 spiro atoms. The average Bonchev–Trinajstić information content (AvgIpc) is 3.29. The molecule has 2 N–H and O–H groups in total. The number of amides is 2. The second-order valence-corrected chi connectivity index (χ2v) is 6.78. The van der Waals surface area contributed by atoms with Gasteiger partial charge in [-0.3, -0.25) is 14.6 Å². The van der Waals surface area contributed by atoms with E-state index in [-0.39, 0.29) is 30.7 Å². The van der Waals surface area contributed by atoms with Crippen LogP contribution in [0.2, 0.25) is 0 Å². The van der Waals surface area contributed by atoms with Gasteiger partial charge in [0.25, 0.3) is 0 Å². The van der Waals surface area contributed by atoms with E-state index >= 15 is 0 Å². The Labute approximate surface area is 161 Å². The van der Waals surface area contributed by atoms with E-state index < -0.39 is 0 Å². The van der Waals surface area contributed by atoms with E-state index in [0.29, 0.717) is 18.9 Å². The van der Waals surface area contributed by atoms with Crippen LogP contribution < -0.4 is 10.1 Å². The largest absolute Gasteiger partial charge is 0.497 e. The van der Waals surface area contributed by atoms with Crippen LogP contribution in [0, 0.1) is 5.92 Å². The van der Waals surface area contributed by atoms with Crippen LogP contribution in [0.4, 0.5) is 0 Å². The summed E-state index contributed by atoms with van der Waals surface area (Å²) in [5, 5.41) is 2.88. The molecular formula is C20H21N5O3. The van der Waals surface area contributed by atoms with E-state index in [2.05, 4.69) is 20.3 Å². The van der Waals surface area contributed by atoms with Crippen molar-refractivity contribution >= 4 is 22.8 Å². The SMILES string of the molecule is COc1ccc2nc(CNC(=O)[C@H]3CC(=O)N(Cc4ccccn4)C3)[nH]c2c1. The Balaban J connectivity index is 1.34. The summed E-state index contributed by atoms with van der Waals surface area (Å²) in [6.45, 7) is 1.11. The normalized spacial score (nSPS) is 16.5. The third-order valence-electron chi connectivity index (χ3n) is 4.83. The monoisotopic (exact) mass is 379 g/mol. The Kier molecular flexibility index (Phi) is 4.92. The van der Waals surface area contributed by atoms with Gasteiger partial charge >= 0.3 is 0 Å². The lowest BCUT2D eigenvalue weighted by Gasteiger charge is -2.15. The number of aromatic nitrogens is 3. The predicted octanol–water partition coefficient (Wildman–Crippen LogP) is 1.63. The third kappa shape index (κ3) is 3.80. The summed E-state index contributed by atoms with van der Waals surface area (Å²) in [6, 6.07) is 11.2. The van der Waals surface area contributed by atoms with Crippen LogP contribution >= 0.6 is 0 Å². The highest BCUT2D eigenvalue weighted by atomic mass is 16.5. The van der Waals surface area contributed by atoms with E-state index in [9.17, 15) is 9.59 Å². The molecule has 0 bridgehead atoms. The summed E-state index contributed by atoms with van der Waals surface area (Å²) >= 11 is 0. The summed E-state index contributed by atoms with van der Waals surface area (Å²) in [5.74, 6) is 0.868. The fourth-order valence-corrected chi connectivity index (χ4v) is 3.36. The van der Waals surface area contributed by atoms with Crippen LogP contribution in [0.15, 0.2) is 42.6 Å². The predicted molar refractivity (Wildman–Crippen MR) is 102 cm³/mol. The number of rotatable bonds is 6. The first-order valence-corrected chi connectivity index (χ1v) is 9.10. The first kappa shape index (κ1) is 18.0. The highest BCUT2D eigenvalue weighted by Crippen LogP contribution is 2.21. The molecule has 0 aliphatic carbocycles. The zero-order valence-electron chi connectivity index (χ0n) is 15.5. The molecule has 0 saturated carbocycles. The molecule has 1 fully saturated rings. The topological polar surface area (TPSA) is 100 Å². The number of carbonyl (C=O) groups excluding carboxylic acids is 2. The maximum Gasteiger partial charge on any atom is 0.225 e. The number of carbonyl (C=O) groups is 2. The number of likely N-dealkylation sites (tertiary alicyclic amines) is 1. The van der Waals surface area contributed by atoms with Crippen LogP contribution in [0.1, 0.15) is 17.9 Å². The Hall–Kier alpha value is -3.42. The first-order chi connectivity index (χ1) is 13.6. The van der Waals surface area contributed by atoms with E-state index in [1.54, 1.807) is 18.2 Å². The van der Waals surface area contributed by atoms with Gasteiger partial charge in [0.05, 0.1) is 42.8 Å². The van der Waals surface area contributed by atoms with Gasteiger partial charge in [-0.1, -0.05) is 6.07 Å². The number of benzene rings is 1. The molecule has 8 heteroatoms. The van der Waals surface area contributed by atoms with Crippen molar-refractivity contribution < 1.29 is 14.3 Å². The molecule has 3 heterocycles. The van der Waals surface area contributed by atoms with Gasteiger partial charge < -0.3 is 19.9 Å². The van der Waals surface area contributed by atoms with Crippen molar-refractivity contribution in [3.05, 3.63) is 54.1 Å². The number of imidazole rings is 1. The number of aromatic amines is 1. The van der Waals surface area contributed by atoms with Crippen molar-refractivity contribution in [2.75, 3.05) is 13.7 Å². The molecule has 1 aliphatic heterocycles. The van der Waals surface area contributed by atoms with Crippen molar-refractivity contribution in [3.8, 4) is 5.75 Å². The highest BCUT2D eigenvalue weighted by molar-refractivity contribution is 5.89. The van der Waals surface area contributed by atoms with Crippen molar-refractivity contribution in [2.24, 2.45) is 5.92 Å². The summed E-state index contributed by atoms with van der Waals surface area (Å²) in [7, 11) is 1.61. The maximum absolute atomic E-state index is 12.5. The van der Waals surface area contributed by atoms with Crippen LogP contribution in [-0.4, -0.2) is 45.3 Å². The molecule has 2 aromatic heterocycles. The van der Waals surface area contributed by atoms with Crippen molar-refractivity contribution in [2.45, 2.75) is 19.5 Å². The third-order valence-corrected chi connectivity index (χ3v) is 4.83. The quantitative estimate of drug-likeness (QED) is 0.678. The lowest BCUT2D eigenvalue weighted by Crippen LogP contribution is -2.32. The molecule has 3 aromatic rings. The Morgan fingerprint density at radius 1 is 1.36 bits per heavy atom. The second kappa shape index (κ2) is 7.67. The molecule has 1 aliphatic rings. The number of hydrogen-bond donors (Lipinski definition) is 2. The first-order valence-electron chi connectivity index (χ1n) is 9.10. The van der Waals surface area contributed by atoms with Gasteiger partial charge in [0.2, 0.25) is 11.8 Å². The highest BCUT2D eigenvalue weighted by Gasteiger charge is 2.34. The summed E-state index contributed by atoms with van der Waals surface area (Å²) in [4.78, 5) is 38.3. The lowest BCUT2D eigenvalue weighted by molar-refractivity contribution is -0.129. The van der Waals surface area contributed by atoms with Crippen molar-refractivity contribution in [1.82, 2.24) is 25.2 Å². The van der Waals surface area contributed by atoms with Crippen molar-refractivity contribution in [3.63, 3.8) is 0 Å². The zero-order chi connectivity index (χ0) is 19.5. The molecule has 1 atom stereocenters. The fraction of sp³-hybridized carbons (Fsp3) is 0.300. The lowest BCUT2D eigenvalue weighted by atomic mass is 10.1. The number of H-pyrrole nitrogens is 1.